The van der Waals surface area contributed by atoms with Crippen LogP contribution in [0.2, 0.25) is 0 Å². The van der Waals surface area contributed by atoms with E-state index in [1.165, 1.54) is 25.2 Å². The van der Waals surface area contributed by atoms with E-state index in [4.69, 9.17) is 0 Å². The Kier molecular flexibility index (Phi) is 2.54. The molecule has 0 spiro atoms. The molecule has 2 aliphatic heterocycles. The van der Waals surface area contributed by atoms with E-state index in [9.17, 15) is 0 Å². The van der Waals surface area contributed by atoms with Crippen LogP contribution >= 0.6 is 11.3 Å². The number of rotatable bonds is 2. The highest BCUT2D eigenvalue weighted by Gasteiger charge is 2.41. The molecular formula is C12H18N2S. The summed E-state index contributed by atoms with van der Waals surface area (Å²) in [6, 6.07) is 3.01. The quantitative estimate of drug-likeness (QED) is 0.820. The fourth-order valence-corrected chi connectivity index (χ4v) is 3.74. The molecule has 0 aliphatic carbocycles. The average molecular weight is 222 g/mol. The Morgan fingerprint density at radius 3 is 3.20 bits per heavy atom. The molecule has 82 valence electrons. The Morgan fingerprint density at radius 2 is 2.47 bits per heavy atom. The van der Waals surface area contributed by atoms with Crippen LogP contribution in [0.15, 0.2) is 16.8 Å². The van der Waals surface area contributed by atoms with Crippen molar-refractivity contribution in [1.82, 2.24) is 10.2 Å². The molecule has 3 atom stereocenters. The number of hydrogen-bond acceptors (Lipinski definition) is 3. The molecule has 3 unspecified atom stereocenters. The third-order valence-electron chi connectivity index (χ3n) is 4.02. The highest BCUT2D eigenvalue weighted by atomic mass is 32.1. The SMILES string of the molecule is CC1C2CNCC2CN1Cc1ccsc1. The lowest BCUT2D eigenvalue weighted by atomic mass is 9.95. The fraction of sp³-hybridized carbons (Fsp3) is 0.667. The smallest absolute Gasteiger partial charge is 0.0245 e. The molecule has 0 aromatic carbocycles. The molecule has 2 fully saturated rings. The van der Waals surface area contributed by atoms with E-state index < -0.39 is 0 Å². The number of thiophene rings is 1. The number of nitrogens with zero attached hydrogens (tertiary/aromatic N) is 1. The van der Waals surface area contributed by atoms with Crippen molar-refractivity contribution < 1.29 is 0 Å². The van der Waals surface area contributed by atoms with Crippen LogP contribution in [0.25, 0.3) is 0 Å². The molecule has 0 radical (unpaired) electrons. The zero-order chi connectivity index (χ0) is 10.3. The molecule has 1 aromatic rings. The molecule has 0 amide bonds. The van der Waals surface area contributed by atoms with Crippen molar-refractivity contribution in [2.24, 2.45) is 11.8 Å². The molecule has 1 aromatic heterocycles. The van der Waals surface area contributed by atoms with Crippen molar-refractivity contribution in [2.75, 3.05) is 19.6 Å². The maximum Gasteiger partial charge on any atom is 0.0245 e. The topological polar surface area (TPSA) is 15.3 Å². The lowest BCUT2D eigenvalue weighted by Gasteiger charge is -2.23. The molecule has 3 heteroatoms. The van der Waals surface area contributed by atoms with Crippen LogP contribution in [0.1, 0.15) is 12.5 Å². The minimum Gasteiger partial charge on any atom is -0.316 e. The van der Waals surface area contributed by atoms with Gasteiger partial charge in [0.2, 0.25) is 0 Å². The second-order valence-electron chi connectivity index (χ2n) is 4.88. The van der Waals surface area contributed by atoms with Gasteiger partial charge in [0, 0.05) is 19.1 Å². The first kappa shape index (κ1) is 9.82. The summed E-state index contributed by atoms with van der Waals surface area (Å²) < 4.78 is 0. The van der Waals surface area contributed by atoms with Crippen molar-refractivity contribution in [3.8, 4) is 0 Å². The van der Waals surface area contributed by atoms with Gasteiger partial charge in [-0.3, -0.25) is 4.90 Å². The Morgan fingerprint density at radius 1 is 1.53 bits per heavy atom. The van der Waals surface area contributed by atoms with Crippen LogP contribution in [-0.4, -0.2) is 30.6 Å². The molecule has 3 rings (SSSR count). The first-order chi connectivity index (χ1) is 7.34. The maximum atomic E-state index is 3.51. The maximum absolute atomic E-state index is 3.51. The van der Waals surface area contributed by atoms with Crippen LogP contribution in [-0.2, 0) is 6.54 Å². The Bertz CT molecular complexity index is 322. The highest BCUT2D eigenvalue weighted by Crippen LogP contribution is 2.33. The molecule has 2 aliphatic rings. The van der Waals surface area contributed by atoms with Crippen molar-refractivity contribution in [3.63, 3.8) is 0 Å². The number of fused-ring (bicyclic) bond motifs is 1. The van der Waals surface area contributed by atoms with E-state index in [1.807, 2.05) is 0 Å². The third kappa shape index (κ3) is 1.73. The van der Waals surface area contributed by atoms with E-state index in [0.29, 0.717) is 0 Å². The minimum absolute atomic E-state index is 0.755. The van der Waals surface area contributed by atoms with Gasteiger partial charge in [0.15, 0.2) is 0 Å². The second-order valence-corrected chi connectivity index (χ2v) is 5.66. The van der Waals surface area contributed by atoms with Gasteiger partial charge in [0.1, 0.15) is 0 Å². The van der Waals surface area contributed by atoms with Gasteiger partial charge in [-0.2, -0.15) is 11.3 Å². The van der Waals surface area contributed by atoms with Crippen molar-refractivity contribution in [3.05, 3.63) is 22.4 Å². The van der Waals surface area contributed by atoms with Gasteiger partial charge in [-0.25, -0.2) is 0 Å². The predicted molar refractivity (Wildman–Crippen MR) is 64.0 cm³/mol. The van der Waals surface area contributed by atoms with Crippen LogP contribution in [0, 0.1) is 11.8 Å². The van der Waals surface area contributed by atoms with Crippen LogP contribution in [0.4, 0.5) is 0 Å². The summed E-state index contributed by atoms with van der Waals surface area (Å²) in [5, 5.41) is 7.97. The Labute approximate surface area is 95.3 Å². The number of nitrogens with one attached hydrogen (secondary N) is 1. The van der Waals surface area contributed by atoms with Crippen molar-refractivity contribution in [1.29, 1.82) is 0 Å². The van der Waals surface area contributed by atoms with Crippen LogP contribution < -0.4 is 5.32 Å². The summed E-state index contributed by atoms with van der Waals surface area (Å²) in [4.78, 5) is 2.65. The van der Waals surface area contributed by atoms with Gasteiger partial charge in [-0.15, -0.1) is 0 Å². The molecule has 2 nitrogen and oxygen atoms in total. The first-order valence-corrected chi connectivity index (χ1v) is 6.74. The van der Waals surface area contributed by atoms with Gasteiger partial charge in [-0.05, 0) is 54.2 Å². The van der Waals surface area contributed by atoms with Gasteiger partial charge in [0.25, 0.3) is 0 Å². The molecule has 2 saturated heterocycles. The lowest BCUT2D eigenvalue weighted by Crippen LogP contribution is -2.32. The normalized spacial score (nSPS) is 35.9. The van der Waals surface area contributed by atoms with E-state index in [1.54, 1.807) is 11.3 Å². The minimum atomic E-state index is 0.755. The van der Waals surface area contributed by atoms with Crippen molar-refractivity contribution in [2.45, 2.75) is 19.5 Å². The summed E-state index contributed by atoms with van der Waals surface area (Å²) in [5.74, 6) is 1.79. The van der Waals surface area contributed by atoms with Gasteiger partial charge < -0.3 is 5.32 Å². The molecule has 15 heavy (non-hydrogen) atoms. The first-order valence-electron chi connectivity index (χ1n) is 5.80. The standard InChI is InChI=1S/C12H18N2S/c1-9-12-5-13-4-11(12)7-14(9)6-10-2-3-15-8-10/h2-3,8-9,11-13H,4-7H2,1H3. The average Bonchev–Trinajstić information content (AvgIpc) is 2.89. The van der Waals surface area contributed by atoms with E-state index >= 15 is 0 Å². The number of likely N-dealkylation sites (tertiary alicyclic amines) is 1. The fourth-order valence-electron chi connectivity index (χ4n) is 3.08. The molecule has 0 saturated carbocycles. The highest BCUT2D eigenvalue weighted by molar-refractivity contribution is 7.07. The third-order valence-corrected chi connectivity index (χ3v) is 4.75. The predicted octanol–water partition coefficient (Wildman–Crippen LogP) is 1.79. The summed E-state index contributed by atoms with van der Waals surface area (Å²) in [6.07, 6.45) is 0. The number of hydrogen-bond donors (Lipinski definition) is 1. The summed E-state index contributed by atoms with van der Waals surface area (Å²) in [6.45, 7) is 7.29. The van der Waals surface area contributed by atoms with Gasteiger partial charge in [-0.1, -0.05) is 0 Å². The largest absolute Gasteiger partial charge is 0.316 e. The van der Waals surface area contributed by atoms with Crippen molar-refractivity contribution >= 4 is 11.3 Å². The zero-order valence-corrected chi connectivity index (χ0v) is 9.96. The molecule has 1 N–H and O–H groups in total. The van der Waals surface area contributed by atoms with E-state index in [0.717, 1.165) is 24.4 Å². The Balaban J connectivity index is 1.68. The molecular weight excluding hydrogens is 204 g/mol. The second kappa shape index (κ2) is 3.89. The summed E-state index contributed by atoms with van der Waals surface area (Å²) in [5.41, 5.74) is 1.49. The van der Waals surface area contributed by atoms with Gasteiger partial charge in [0.05, 0.1) is 0 Å². The van der Waals surface area contributed by atoms with E-state index in [2.05, 4.69) is 34.0 Å². The Hall–Kier alpha value is -0.380. The monoisotopic (exact) mass is 222 g/mol. The zero-order valence-electron chi connectivity index (χ0n) is 9.15. The summed E-state index contributed by atoms with van der Waals surface area (Å²) >= 11 is 1.81. The van der Waals surface area contributed by atoms with Crippen LogP contribution in [0.5, 0.6) is 0 Å². The summed E-state index contributed by atoms with van der Waals surface area (Å²) in [7, 11) is 0. The van der Waals surface area contributed by atoms with E-state index in [-0.39, 0.29) is 0 Å². The molecule has 0 bridgehead atoms. The van der Waals surface area contributed by atoms with Gasteiger partial charge >= 0.3 is 0 Å². The van der Waals surface area contributed by atoms with Crippen LogP contribution in [0.3, 0.4) is 0 Å². The molecule has 3 heterocycles. The lowest BCUT2D eigenvalue weighted by molar-refractivity contribution is 0.231.